The summed E-state index contributed by atoms with van der Waals surface area (Å²) in [5, 5.41) is 10.5. The highest BCUT2D eigenvalue weighted by Gasteiger charge is 2.47. The molecule has 0 saturated heterocycles. The van der Waals surface area contributed by atoms with Gasteiger partial charge in [-0.15, -0.1) is 0 Å². The third-order valence-electron chi connectivity index (χ3n) is 5.96. The molecule has 0 saturated carbocycles. The molecule has 0 aliphatic carbocycles. The van der Waals surface area contributed by atoms with Crippen LogP contribution in [-0.4, -0.2) is 46.8 Å². The van der Waals surface area contributed by atoms with Gasteiger partial charge in [0, 0.05) is 6.54 Å². The Labute approximate surface area is 192 Å². The third kappa shape index (κ3) is 4.01. The van der Waals surface area contributed by atoms with Gasteiger partial charge in [-0.25, -0.2) is 4.98 Å². The van der Waals surface area contributed by atoms with Crippen molar-refractivity contribution in [1.29, 1.82) is 0 Å². The van der Waals surface area contributed by atoms with Crippen molar-refractivity contribution < 1.29 is 24.2 Å². The van der Waals surface area contributed by atoms with E-state index in [0.29, 0.717) is 29.7 Å². The number of carbonyl (C=O) groups is 2. The molecular formula is C25H29N3O5. The summed E-state index contributed by atoms with van der Waals surface area (Å²) in [6, 6.07) is 11.8. The number of ether oxygens (including phenoxy) is 2. The van der Waals surface area contributed by atoms with Crippen LogP contribution in [0.25, 0.3) is 11.0 Å². The molecule has 0 spiro atoms. The van der Waals surface area contributed by atoms with E-state index in [9.17, 15) is 14.7 Å². The Morgan fingerprint density at radius 3 is 2.64 bits per heavy atom. The summed E-state index contributed by atoms with van der Waals surface area (Å²) >= 11 is 0. The van der Waals surface area contributed by atoms with Crippen LogP contribution >= 0.6 is 0 Å². The minimum atomic E-state index is -1.12. The average Bonchev–Trinajstić information content (AvgIpc) is 3.16. The Balaban J connectivity index is 1.96. The Hall–Kier alpha value is -3.55. The highest BCUT2D eigenvalue weighted by molar-refractivity contribution is 6.08. The number of hydrogen-bond acceptors (Lipinski definition) is 6. The molecule has 0 radical (unpaired) electrons. The van der Waals surface area contributed by atoms with Gasteiger partial charge in [0.05, 0.1) is 30.8 Å². The Bertz CT molecular complexity index is 1190. The quantitative estimate of drug-likeness (QED) is 0.432. The smallest absolute Gasteiger partial charge is 0.321 e. The second kappa shape index (κ2) is 9.13. The number of phenols is 1. The van der Waals surface area contributed by atoms with E-state index in [0.717, 1.165) is 17.5 Å². The molecule has 1 N–H and O–H groups in total. The normalized spacial score (nSPS) is 18.0. The monoisotopic (exact) mass is 451 g/mol. The van der Waals surface area contributed by atoms with Gasteiger partial charge in [0.25, 0.3) is 0 Å². The van der Waals surface area contributed by atoms with Crippen LogP contribution in [0.2, 0.25) is 0 Å². The van der Waals surface area contributed by atoms with Gasteiger partial charge >= 0.3 is 5.97 Å². The number of carbonyl (C=O) groups excluding carboxylic acids is 2. The maximum Gasteiger partial charge on any atom is 0.321 e. The van der Waals surface area contributed by atoms with Gasteiger partial charge < -0.3 is 19.1 Å². The van der Waals surface area contributed by atoms with Crippen molar-refractivity contribution in [2.75, 3.05) is 25.2 Å². The van der Waals surface area contributed by atoms with Crippen molar-refractivity contribution in [3.05, 3.63) is 48.0 Å². The van der Waals surface area contributed by atoms with Gasteiger partial charge in [-0.3, -0.25) is 14.5 Å². The number of para-hydroxylation sites is 2. The fraction of sp³-hybridized carbons (Fsp3) is 0.400. The first-order chi connectivity index (χ1) is 15.9. The molecule has 8 nitrogen and oxygen atoms in total. The predicted octanol–water partition coefficient (Wildman–Crippen LogP) is 3.91. The molecule has 0 fully saturated rings. The number of anilines is 1. The molecule has 1 aromatic heterocycles. The summed E-state index contributed by atoms with van der Waals surface area (Å²) in [5.41, 5.74) is 2.11. The molecule has 33 heavy (non-hydrogen) atoms. The van der Waals surface area contributed by atoms with Crippen LogP contribution < -0.4 is 9.64 Å². The summed E-state index contributed by atoms with van der Waals surface area (Å²) in [5.74, 6) is -0.968. The first-order valence-corrected chi connectivity index (χ1v) is 11.2. The maximum absolute atomic E-state index is 13.8. The van der Waals surface area contributed by atoms with E-state index in [2.05, 4.69) is 13.8 Å². The first-order valence-electron chi connectivity index (χ1n) is 11.2. The zero-order valence-electron chi connectivity index (χ0n) is 19.3. The van der Waals surface area contributed by atoms with Gasteiger partial charge in [0.2, 0.25) is 11.9 Å². The number of fused-ring (bicyclic) bond motifs is 3. The maximum atomic E-state index is 13.8. The summed E-state index contributed by atoms with van der Waals surface area (Å²) < 4.78 is 12.4. The number of hydrogen-bond donors (Lipinski definition) is 1. The van der Waals surface area contributed by atoms with E-state index in [1.165, 1.54) is 13.2 Å². The molecule has 1 amide bonds. The molecule has 1 aliphatic rings. The molecular weight excluding hydrogens is 422 g/mol. The van der Waals surface area contributed by atoms with Crippen LogP contribution in [-0.2, 0) is 14.3 Å². The summed E-state index contributed by atoms with van der Waals surface area (Å²) in [6.45, 7) is 6.49. The van der Waals surface area contributed by atoms with E-state index in [-0.39, 0.29) is 18.3 Å². The molecule has 3 aromatic rings. The summed E-state index contributed by atoms with van der Waals surface area (Å²) in [4.78, 5) is 33.3. The van der Waals surface area contributed by atoms with Crippen molar-refractivity contribution >= 4 is 28.9 Å². The zero-order valence-corrected chi connectivity index (χ0v) is 19.3. The SMILES string of the molecule is CCOC(=O)[C@@H]1C(=O)N(CCC(C)C)c2nc3ccccc3n2[C@H]1c1ccc(OC)c(O)c1. The number of methoxy groups -OCH3 is 1. The number of imidazole rings is 1. The number of nitrogens with zero attached hydrogens (tertiary/aromatic N) is 3. The summed E-state index contributed by atoms with van der Waals surface area (Å²) in [7, 11) is 1.47. The second-order valence-corrected chi connectivity index (χ2v) is 8.55. The largest absolute Gasteiger partial charge is 0.504 e. The van der Waals surface area contributed by atoms with Crippen molar-refractivity contribution in [3.8, 4) is 11.5 Å². The van der Waals surface area contributed by atoms with Gasteiger partial charge in [0.15, 0.2) is 17.4 Å². The van der Waals surface area contributed by atoms with E-state index in [1.54, 1.807) is 24.0 Å². The highest BCUT2D eigenvalue weighted by Crippen LogP contribution is 2.43. The Morgan fingerprint density at radius 2 is 1.97 bits per heavy atom. The van der Waals surface area contributed by atoms with E-state index in [1.807, 2.05) is 28.8 Å². The van der Waals surface area contributed by atoms with Crippen LogP contribution in [0.5, 0.6) is 11.5 Å². The van der Waals surface area contributed by atoms with Crippen LogP contribution in [0.3, 0.4) is 0 Å². The fourth-order valence-electron chi connectivity index (χ4n) is 4.34. The first kappa shape index (κ1) is 22.6. The lowest BCUT2D eigenvalue weighted by atomic mass is 9.89. The Morgan fingerprint density at radius 1 is 1.21 bits per heavy atom. The van der Waals surface area contributed by atoms with Gasteiger partial charge in [0.1, 0.15) is 0 Å². The van der Waals surface area contributed by atoms with Crippen LogP contribution in [0.15, 0.2) is 42.5 Å². The van der Waals surface area contributed by atoms with E-state index < -0.39 is 17.9 Å². The minimum Gasteiger partial charge on any atom is -0.504 e. The molecule has 0 bridgehead atoms. The third-order valence-corrected chi connectivity index (χ3v) is 5.96. The molecule has 2 aromatic carbocycles. The lowest BCUT2D eigenvalue weighted by Crippen LogP contribution is -2.50. The zero-order chi connectivity index (χ0) is 23.7. The van der Waals surface area contributed by atoms with E-state index in [4.69, 9.17) is 14.5 Å². The van der Waals surface area contributed by atoms with Crippen molar-refractivity contribution in [2.24, 2.45) is 11.8 Å². The molecule has 174 valence electrons. The number of benzene rings is 2. The minimum absolute atomic E-state index is 0.0710. The van der Waals surface area contributed by atoms with Crippen molar-refractivity contribution in [2.45, 2.75) is 33.2 Å². The molecule has 2 atom stereocenters. The topological polar surface area (TPSA) is 93.9 Å². The van der Waals surface area contributed by atoms with Gasteiger partial charge in [-0.05, 0) is 49.1 Å². The number of aromatic hydroxyl groups is 1. The van der Waals surface area contributed by atoms with Crippen molar-refractivity contribution in [3.63, 3.8) is 0 Å². The Kier molecular flexibility index (Phi) is 6.26. The highest BCUT2D eigenvalue weighted by atomic mass is 16.5. The van der Waals surface area contributed by atoms with Gasteiger partial charge in [-0.1, -0.05) is 32.0 Å². The van der Waals surface area contributed by atoms with Crippen LogP contribution in [0, 0.1) is 11.8 Å². The number of amides is 1. The second-order valence-electron chi connectivity index (χ2n) is 8.55. The van der Waals surface area contributed by atoms with Crippen molar-refractivity contribution in [1.82, 2.24) is 9.55 Å². The molecule has 2 heterocycles. The lowest BCUT2D eigenvalue weighted by Gasteiger charge is -2.38. The molecule has 8 heteroatoms. The van der Waals surface area contributed by atoms with Gasteiger partial charge in [-0.2, -0.15) is 0 Å². The number of esters is 1. The van der Waals surface area contributed by atoms with Crippen LogP contribution in [0.1, 0.15) is 38.8 Å². The molecule has 0 unspecified atom stereocenters. The average molecular weight is 452 g/mol. The number of rotatable bonds is 7. The number of aromatic nitrogens is 2. The fourth-order valence-corrected chi connectivity index (χ4v) is 4.34. The van der Waals surface area contributed by atoms with E-state index >= 15 is 0 Å². The summed E-state index contributed by atoms with van der Waals surface area (Å²) in [6.07, 6.45) is 0.762. The molecule has 4 rings (SSSR count). The standard InChI is InChI=1S/C25H29N3O5/c1-5-33-24(31)21-22(16-10-11-20(32-4)19(29)14-16)28-18-9-7-6-8-17(18)26-25(28)27(23(21)30)13-12-15(2)3/h6-11,14-15,21-22,29H,5,12-13H2,1-4H3/t21-,22-/m0/s1. The number of phenolic OH excluding ortho intramolecular Hbond substituents is 1. The lowest BCUT2D eigenvalue weighted by molar-refractivity contribution is -0.153. The van der Waals surface area contributed by atoms with Crippen LogP contribution in [0.4, 0.5) is 5.95 Å². The molecule has 1 aliphatic heterocycles. The predicted molar refractivity (Wildman–Crippen MR) is 124 cm³/mol.